The molecule has 1 aliphatic heterocycles. The summed E-state index contributed by atoms with van der Waals surface area (Å²) < 4.78 is 45.7. The van der Waals surface area contributed by atoms with E-state index in [0.29, 0.717) is 18.9 Å². The summed E-state index contributed by atoms with van der Waals surface area (Å²) in [4.78, 5) is 2.27. The largest absolute Gasteiger partial charge is 0.377 e. The number of rotatable bonds is 4. The Morgan fingerprint density at radius 3 is 2.32 bits per heavy atom. The minimum absolute atomic E-state index is 0.0206. The van der Waals surface area contributed by atoms with Gasteiger partial charge in [-0.1, -0.05) is 0 Å². The summed E-state index contributed by atoms with van der Waals surface area (Å²) in [5.41, 5.74) is 1.35. The Kier molecular flexibility index (Phi) is 4.71. The number of benzene rings is 2. The maximum atomic E-state index is 13.0. The second-order valence-corrected chi connectivity index (χ2v) is 8.31. The van der Waals surface area contributed by atoms with Crippen LogP contribution in [0.2, 0.25) is 0 Å². The van der Waals surface area contributed by atoms with E-state index in [1.165, 1.54) is 12.1 Å². The summed E-state index contributed by atoms with van der Waals surface area (Å²) in [5, 5.41) is 0. The molecule has 5 nitrogen and oxygen atoms in total. The van der Waals surface area contributed by atoms with Crippen LogP contribution >= 0.6 is 0 Å². The average Bonchev–Trinajstić information content (AvgIpc) is 2.55. The van der Waals surface area contributed by atoms with Crippen molar-refractivity contribution < 1.29 is 17.5 Å². The molecule has 0 saturated carbocycles. The zero-order chi connectivity index (χ0) is 18.1. The van der Waals surface area contributed by atoms with Crippen molar-refractivity contribution in [1.29, 1.82) is 0 Å². The Morgan fingerprint density at radius 1 is 1.08 bits per heavy atom. The lowest BCUT2D eigenvalue weighted by atomic mass is 10.0. The first-order valence-corrected chi connectivity index (χ1v) is 9.50. The number of nitrogens with one attached hydrogen (secondary N) is 1. The fourth-order valence-electron chi connectivity index (χ4n) is 2.87. The molecule has 0 atom stereocenters. The molecule has 7 heteroatoms. The van der Waals surface area contributed by atoms with Gasteiger partial charge in [-0.25, -0.2) is 12.8 Å². The van der Waals surface area contributed by atoms with Crippen LogP contribution < -0.4 is 9.62 Å². The molecule has 1 heterocycles. The third-order valence-corrected chi connectivity index (χ3v) is 5.60. The zero-order valence-electron chi connectivity index (χ0n) is 14.2. The third kappa shape index (κ3) is 3.93. The average molecular weight is 364 g/mol. The molecule has 2 aromatic carbocycles. The van der Waals surface area contributed by atoms with E-state index in [2.05, 4.69) is 23.5 Å². The molecule has 0 radical (unpaired) electrons. The van der Waals surface area contributed by atoms with Gasteiger partial charge in [0.1, 0.15) is 5.82 Å². The van der Waals surface area contributed by atoms with Gasteiger partial charge in [-0.3, -0.25) is 4.72 Å². The summed E-state index contributed by atoms with van der Waals surface area (Å²) >= 11 is 0. The van der Waals surface area contributed by atoms with Crippen LogP contribution in [0.3, 0.4) is 0 Å². The summed E-state index contributed by atoms with van der Waals surface area (Å²) in [5.74, 6) is -0.476. The van der Waals surface area contributed by atoms with Crippen molar-refractivity contribution in [1.82, 2.24) is 0 Å². The van der Waals surface area contributed by atoms with E-state index in [0.717, 1.165) is 24.4 Å². The maximum Gasteiger partial charge on any atom is 0.261 e. The maximum absolute atomic E-state index is 13.0. The molecule has 1 saturated heterocycles. The predicted molar refractivity (Wildman–Crippen MR) is 95.9 cm³/mol. The highest BCUT2D eigenvalue weighted by atomic mass is 32.2. The van der Waals surface area contributed by atoms with E-state index in [-0.39, 0.29) is 10.4 Å². The first-order valence-electron chi connectivity index (χ1n) is 8.02. The van der Waals surface area contributed by atoms with Crippen LogP contribution in [-0.4, -0.2) is 33.7 Å². The van der Waals surface area contributed by atoms with E-state index in [9.17, 15) is 12.8 Å². The number of sulfonamides is 1. The van der Waals surface area contributed by atoms with Crippen molar-refractivity contribution in [2.45, 2.75) is 24.3 Å². The van der Waals surface area contributed by atoms with Gasteiger partial charge in [0.2, 0.25) is 0 Å². The molecule has 25 heavy (non-hydrogen) atoms. The Bertz CT molecular complexity index is 834. The summed E-state index contributed by atoms with van der Waals surface area (Å²) in [6.45, 7) is 6.32. The van der Waals surface area contributed by atoms with Crippen molar-refractivity contribution in [3.05, 3.63) is 54.3 Å². The van der Waals surface area contributed by atoms with E-state index in [1.54, 1.807) is 12.1 Å². The summed E-state index contributed by atoms with van der Waals surface area (Å²) in [6.07, 6.45) is 0. The Balaban J connectivity index is 1.77. The van der Waals surface area contributed by atoms with E-state index < -0.39 is 15.8 Å². The third-order valence-electron chi connectivity index (χ3n) is 4.20. The Hall–Kier alpha value is -2.12. The quantitative estimate of drug-likeness (QED) is 0.905. The SMILES string of the molecule is CC1(C)COCCN1c1ccc(NS(=O)(=O)c2ccc(F)cc2)cc1. The molecule has 1 fully saturated rings. The molecule has 2 aromatic rings. The van der Waals surface area contributed by atoms with Gasteiger partial charge in [-0.05, 0) is 62.4 Å². The van der Waals surface area contributed by atoms with Crippen LogP contribution in [0, 0.1) is 5.82 Å². The molecule has 0 aromatic heterocycles. The lowest BCUT2D eigenvalue weighted by molar-refractivity contribution is 0.0644. The van der Waals surface area contributed by atoms with Crippen LogP contribution in [0.15, 0.2) is 53.4 Å². The number of halogens is 1. The standard InChI is InChI=1S/C18H21FN2O3S/c1-18(2)13-24-12-11-21(18)16-7-5-15(6-8-16)20-25(22,23)17-9-3-14(19)4-10-17/h3-10,20H,11-13H2,1-2H3. The highest BCUT2D eigenvalue weighted by Gasteiger charge is 2.30. The van der Waals surface area contributed by atoms with Crippen LogP contribution in [0.1, 0.15) is 13.8 Å². The first-order chi connectivity index (χ1) is 11.8. The number of nitrogens with zero attached hydrogens (tertiary/aromatic N) is 1. The highest BCUT2D eigenvalue weighted by molar-refractivity contribution is 7.92. The van der Waals surface area contributed by atoms with Gasteiger partial charge < -0.3 is 9.64 Å². The Labute approximate surface area is 147 Å². The topological polar surface area (TPSA) is 58.6 Å². The van der Waals surface area contributed by atoms with Crippen molar-refractivity contribution in [3.63, 3.8) is 0 Å². The van der Waals surface area contributed by atoms with Crippen LogP contribution in [0.25, 0.3) is 0 Å². The lowest BCUT2D eigenvalue weighted by Crippen LogP contribution is -2.53. The van der Waals surface area contributed by atoms with Gasteiger partial charge in [0, 0.05) is 17.9 Å². The monoisotopic (exact) mass is 364 g/mol. The van der Waals surface area contributed by atoms with Gasteiger partial charge >= 0.3 is 0 Å². The zero-order valence-corrected chi connectivity index (χ0v) is 15.0. The molecular formula is C18H21FN2O3S. The van der Waals surface area contributed by atoms with Gasteiger partial charge in [0.05, 0.1) is 23.6 Å². The van der Waals surface area contributed by atoms with Gasteiger partial charge in [-0.2, -0.15) is 0 Å². The first kappa shape index (κ1) is 17.7. The second kappa shape index (κ2) is 6.65. The molecule has 134 valence electrons. The van der Waals surface area contributed by atoms with Crippen molar-refractivity contribution in [2.24, 2.45) is 0 Å². The minimum Gasteiger partial charge on any atom is -0.377 e. The number of anilines is 2. The molecule has 1 N–H and O–H groups in total. The van der Waals surface area contributed by atoms with Crippen LogP contribution in [-0.2, 0) is 14.8 Å². The van der Waals surface area contributed by atoms with Crippen molar-refractivity contribution in [3.8, 4) is 0 Å². The predicted octanol–water partition coefficient (Wildman–Crippen LogP) is 3.24. The van der Waals surface area contributed by atoms with Gasteiger partial charge in [0.25, 0.3) is 10.0 Å². The smallest absolute Gasteiger partial charge is 0.261 e. The fraction of sp³-hybridized carbons (Fsp3) is 0.333. The second-order valence-electron chi connectivity index (χ2n) is 6.62. The van der Waals surface area contributed by atoms with Gasteiger partial charge in [0.15, 0.2) is 0 Å². The molecular weight excluding hydrogens is 343 g/mol. The minimum atomic E-state index is -3.74. The molecule has 1 aliphatic rings. The molecule has 0 aliphatic carbocycles. The summed E-state index contributed by atoms with van der Waals surface area (Å²) in [6, 6.07) is 11.9. The Morgan fingerprint density at radius 2 is 1.72 bits per heavy atom. The molecule has 0 amide bonds. The number of hydrogen-bond acceptors (Lipinski definition) is 4. The highest BCUT2D eigenvalue weighted by Crippen LogP contribution is 2.28. The van der Waals surface area contributed by atoms with Crippen molar-refractivity contribution in [2.75, 3.05) is 29.4 Å². The normalized spacial score (nSPS) is 17.3. The molecule has 0 bridgehead atoms. The fourth-order valence-corrected chi connectivity index (χ4v) is 3.93. The molecule has 0 unspecified atom stereocenters. The van der Waals surface area contributed by atoms with Crippen LogP contribution in [0.5, 0.6) is 0 Å². The van der Waals surface area contributed by atoms with Gasteiger partial charge in [-0.15, -0.1) is 0 Å². The van der Waals surface area contributed by atoms with E-state index in [4.69, 9.17) is 4.74 Å². The lowest BCUT2D eigenvalue weighted by Gasteiger charge is -2.43. The molecule has 0 spiro atoms. The number of hydrogen-bond donors (Lipinski definition) is 1. The van der Waals surface area contributed by atoms with E-state index in [1.807, 2.05) is 12.1 Å². The van der Waals surface area contributed by atoms with Crippen molar-refractivity contribution >= 4 is 21.4 Å². The summed E-state index contributed by atoms with van der Waals surface area (Å²) in [7, 11) is -3.74. The van der Waals surface area contributed by atoms with E-state index >= 15 is 0 Å². The van der Waals surface area contributed by atoms with Crippen LogP contribution in [0.4, 0.5) is 15.8 Å². The number of ether oxygens (including phenoxy) is 1. The number of morpholine rings is 1. The molecule has 3 rings (SSSR count).